The lowest BCUT2D eigenvalue weighted by Crippen LogP contribution is -1.99. The van der Waals surface area contributed by atoms with Gasteiger partial charge < -0.3 is 10.1 Å². The second-order valence-electron chi connectivity index (χ2n) is 5.28. The molecule has 25 heavy (non-hydrogen) atoms. The second-order valence-corrected chi connectivity index (χ2v) is 6.19. The summed E-state index contributed by atoms with van der Waals surface area (Å²) in [5, 5.41) is 4.17. The third kappa shape index (κ3) is 3.44. The molecule has 2 heterocycles. The lowest BCUT2D eigenvalue weighted by atomic mass is 10.2. The standard InChI is InChI=1S/C19H13BrN4O/c20-13-8-9-17(25-14-5-2-1-3-6-14)16(11-13)24-19-15-7-4-10-21-18(15)22-12-23-19/h1-12H,(H,21,22,23,24). The van der Waals surface area contributed by atoms with Crippen LogP contribution < -0.4 is 10.1 Å². The van der Waals surface area contributed by atoms with Gasteiger partial charge in [-0.3, -0.25) is 0 Å². The molecule has 122 valence electrons. The van der Waals surface area contributed by atoms with Crippen molar-refractivity contribution in [3.63, 3.8) is 0 Å². The number of aromatic nitrogens is 3. The van der Waals surface area contributed by atoms with E-state index in [0.717, 1.165) is 21.3 Å². The molecule has 0 saturated heterocycles. The van der Waals surface area contributed by atoms with Gasteiger partial charge in [-0.1, -0.05) is 34.1 Å². The number of nitrogens with zero attached hydrogens (tertiary/aromatic N) is 3. The summed E-state index contributed by atoms with van der Waals surface area (Å²) in [5.74, 6) is 2.14. The molecule has 0 atom stereocenters. The van der Waals surface area contributed by atoms with Crippen LogP contribution in [-0.4, -0.2) is 15.0 Å². The van der Waals surface area contributed by atoms with Crippen LogP contribution >= 0.6 is 15.9 Å². The summed E-state index contributed by atoms with van der Waals surface area (Å²) in [7, 11) is 0. The molecule has 0 aliphatic carbocycles. The number of hydrogen-bond donors (Lipinski definition) is 1. The van der Waals surface area contributed by atoms with E-state index >= 15 is 0 Å². The molecule has 0 saturated carbocycles. The fourth-order valence-corrected chi connectivity index (χ4v) is 2.79. The number of fused-ring (bicyclic) bond motifs is 1. The van der Waals surface area contributed by atoms with Crippen molar-refractivity contribution in [2.24, 2.45) is 0 Å². The van der Waals surface area contributed by atoms with Crippen LogP contribution in [0.5, 0.6) is 11.5 Å². The van der Waals surface area contributed by atoms with E-state index in [9.17, 15) is 0 Å². The Bertz CT molecular complexity index is 1020. The third-order valence-corrected chi connectivity index (χ3v) is 4.07. The van der Waals surface area contributed by atoms with Gasteiger partial charge in [-0.05, 0) is 42.5 Å². The van der Waals surface area contributed by atoms with Gasteiger partial charge in [0.05, 0.1) is 11.1 Å². The lowest BCUT2D eigenvalue weighted by molar-refractivity contribution is 0.485. The van der Waals surface area contributed by atoms with Crippen LogP contribution in [0.2, 0.25) is 0 Å². The van der Waals surface area contributed by atoms with Gasteiger partial charge in [-0.2, -0.15) is 0 Å². The number of hydrogen-bond acceptors (Lipinski definition) is 5. The van der Waals surface area contributed by atoms with Crippen LogP contribution in [0.25, 0.3) is 11.0 Å². The maximum Gasteiger partial charge on any atom is 0.164 e. The minimum absolute atomic E-state index is 0.639. The van der Waals surface area contributed by atoms with Gasteiger partial charge in [-0.15, -0.1) is 0 Å². The number of ether oxygens (including phenoxy) is 1. The van der Waals surface area contributed by atoms with E-state index in [2.05, 4.69) is 36.2 Å². The summed E-state index contributed by atoms with van der Waals surface area (Å²) >= 11 is 3.50. The number of rotatable bonds is 4. The van der Waals surface area contributed by atoms with Gasteiger partial charge >= 0.3 is 0 Å². The molecule has 0 spiro atoms. The van der Waals surface area contributed by atoms with Crippen molar-refractivity contribution in [2.45, 2.75) is 0 Å². The number of nitrogens with one attached hydrogen (secondary N) is 1. The molecule has 0 bridgehead atoms. The zero-order valence-electron chi connectivity index (χ0n) is 13.1. The van der Waals surface area contributed by atoms with Crippen molar-refractivity contribution in [3.05, 3.63) is 77.7 Å². The molecular weight excluding hydrogens is 380 g/mol. The number of para-hydroxylation sites is 1. The molecule has 0 radical (unpaired) electrons. The molecule has 1 N–H and O–H groups in total. The van der Waals surface area contributed by atoms with E-state index < -0.39 is 0 Å². The molecule has 5 nitrogen and oxygen atoms in total. The summed E-state index contributed by atoms with van der Waals surface area (Å²) in [4.78, 5) is 12.8. The zero-order valence-corrected chi connectivity index (χ0v) is 14.6. The van der Waals surface area contributed by atoms with E-state index in [1.165, 1.54) is 6.33 Å². The fraction of sp³-hybridized carbons (Fsp3) is 0. The molecule has 0 amide bonds. The minimum atomic E-state index is 0.639. The second kappa shape index (κ2) is 6.86. The number of pyridine rings is 1. The van der Waals surface area contributed by atoms with E-state index in [1.807, 2.05) is 60.7 Å². The zero-order chi connectivity index (χ0) is 17.1. The molecule has 0 unspecified atom stereocenters. The largest absolute Gasteiger partial charge is 0.455 e. The van der Waals surface area contributed by atoms with Gasteiger partial charge in [0, 0.05) is 10.7 Å². The predicted octanol–water partition coefficient (Wildman–Crippen LogP) is 5.32. The Hall–Kier alpha value is -2.99. The van der Waals surface area contributed by atoms with Gasteiger partial charge in [0.25, 0.3) is 0 Å². The summed E-state index contributed by atoms with van der Waals surface area (Å²) in [6.45, 7) is 0. The molecule has 2 aromatic heterocycles. The molecule has 4 rings (SSSR count). The third-order valence-electron chi connectivity index (χ3n) is 3.57. The summed E-state index contributed by atoms with van der Waals surface area (Å²) in [5.41, 5.74) is 1.43. The van der Waals surface area contributed by atoms with E-state index in [0.29, 0.717) is 17.2 Å². The van der Waals surface area contributed by atoms with E-state index in [1.54, 1.807) is 6.20 Å². The average molecular weight is 393 g/mol. The highest BCUT2D eigenvalue weighted by Gasteiger charge is 2.10. The van der Waals surface area contributed by atoms with Crippen LogP contribution in [0.1, 0.15) is 0 Å². The first kappa shape index (κ1) is 15.5. The number of benzene rings is 2. The van der Waals surface area contributed by atoms with Crippen molar-refractivity contribution in [3.8, 4) is 11.5 Å². The smallest absolute Gasteiger partial charge is 0.164 e. The molecule has 0 aliphatic rings. The van der Waals surface area contributed by atoms with Crippen LogP contribution in [0.4, 0.5) is 11.5 Å². The molecule has 4 aromatic rings. The molecule has 6 heteroatoms. The SMILES string of the molecule is Brc1ccc(Oc2ccccc2)c(Nc2ncnc3ncccc23)c1. The molecule has 0 aliphatic heterocycles. The Labute approximate surface area is 152 Å². The Balaban J connectivity index is 1.73. The summed E-state index contributed by atoms with van der Waals surface area (Å²) in [6, 6.07) is 19.2. The number of halogens is 1. The fourth-order valence-electron chi connectivity index (χ4n) is 2.43. The van der Waals surface area contributed by atoms with Crippen molar-refractivity contribution in [2.75, 3.05) is 5.32 Å². The van der Waals surface area contributed by atoms with Crippen LogP contribution in [-0.2, 0) is 0 Å². The minimum Gasteiger partial charge on any atom is -0.455 e. The van der Waals surface area contributed by atoms with Crippen molar-refractivity contribution >= 4 is 38.5 Å². The predicted molar refractivity (Wildman–Crippen MR) is 101 cm³/mol. The van der Waals surface area contributed by atoms with Crippen molar-refractivity contribution < 1.29 is 4.74 Å². The first-order valence-corrected chi connectivity index (χ1v) is 8.44. The highest BCUT2D eigenvalue weighted by Crippen LogP contribution is 2.34. The molecule has 0 fully saturated rings. The average Bonchev–Trinajstić information content (AvgIpc) is 2.65. The van der Waals surface area contributed by atoms with E-state index in [-0.39, 0.29) is 0 Å². The topological polar surface area (TPSA) is 59.9 Å². The van der Waals surface area contributed by atoms with Crippen LogP contribution in [0.3, 0.4) is 0 Å². The van der Waals surface area contributed by atoms with Crippen molar-refractivity contribution in [1.29, 1.82) is 0 Å². The highest BCUT2D eigenvalue weighted by molar-refractivity contribution is 9.10. The Morgan fingerprint density at radius 3 is 2.64 bits per heavy atom. The van der Waals surface area contributed by atoms with Crippen LogP contribution in [0, 0.1) is 0 Å². The Kier molecular flexibility index (Phi) is 4.26. The number of anilines is 2. The maximum absolute atomic E-state index is 6.01. The summed E-state index contributed by atoms with van der Waals surface area (Å²) in [6.07, 6.45) is 3.20. The van der Waals surface area contributed by atoms with Gasteiger partial charge in [0.1, 0.15) is 17.9 Å². The quantitative estimate of drug-likeness (QED) is 0.508. The maximum atomic E-state index is 6.01. The lowest BCUT2D eigenvalue weighted by Gasteiger charge is -2.14. The molecular formula is C19H13BrN4O. The highest BCUT2D eigenvalue weighted by atomic mass is 79.9. The summed E-state index contributed by atoms with van der Waals surface area (Å²) < 4.78 is 6.94. The first-order chi connectivity index (χ1) is 12.3. The first-order valence-electron chi connectivity index (χ1n) is 7.65. The van der Waals surface area contributed by atoms with Gasteiger partial charge in [0.2, 0.25) is 0 Å². The monoisotopic (exact) mass is 392 g/mol. The Morgan fingerprint density at radius 1 is 0.880 bits per heavy atom. The molecule has 2 aromatic carbocycles. The van der Waals surface area contributed by atoms with Gasteiger partial charge in [-0.25, -0.2) is 15.0 Å². The van der Waals surface area contributed by atoms with Crippen LogP contribution in [0.15, 0.2) is 77.7 Å². The Morgan fingerprint density at radius 2 is 1.76 bits per heavy atom. The normalized spacial score (nSPS) is 10.6. The van der Waals surface area contributed by atoms with Gasteiger partial charge in [0.15, 0.2) is 11.4 Å². The van der Waals surface area contributed by atoms with Crippen molar-refractivity contribution in [1.82, 2.24) is 15.0 Å². The van der Waals surface area contributed by atoms with E-state index in [4.69, 9.17) is 4.74 Å².